The van der Waals surface area contributed by atoms with Gasteiger partial charge >= 0.3 is 0 Å². The molecule has 1 aliphatic rings. The number of rotatable bonds is 3. The van der Waals surface area contributed by atoms with E-state index < -0.39 is 0 Å². The molecule has 0 N–H and O–H groups in total. The molecule has 1 nitrogen and oxygen atoms in total. The van der Waals surface area contributed by atoms with Gasteiger partial charge in [0.25, 0.3) is 0 Å². The molecule has 1 heterocycles. The van der Waals surface area contributed by atoms with Crippen LogP contribution in [0, 0.1) is 0 Å². The Morgan fingerprint density at radius 2 is 1.93 bits per heavy atom. The Hall–Kier alpha value is -0.240. The fourth-order valence-corrected chi connectivity index (χ4v) is 2.38. The van der Waals surface area contributed by atoms with E-state index in [2.05, 4.69) is 29.2 Å². The Bertz CT molecular complexity index is 318. The van der Waals surface area contributed by atoms with Crippen LogP contribution in [0.4, 0.5) is 0 Å². The fourth-order valence-electron chi connectivity index (χ4n) is 1.90. The Kier molecular flexibility index (Phi) is 3.24. The molecule has 0 bridgehead atoms. The molecule has 0 spiro atoms. The monoisotopic (exact) mass is 243 g/mol. The quantitative estimate of drug-likeness (QED) is 0.738. The highest BCUT2D eigenvalue weighted by atomic mass is 35.5. The third-order valence-corrected chi connectivity index (χ3v) is 4.03. The van der Waals surface area contributed by atoms with Gasteiger partial charge in [0.1, 0.15) is 0 Å². The number of nitrogens with zero attached hydrogens (tertiary/aromatic N) is 1. The van der Waals surface area contributed by atoms with Gasteiger partial charge in [0.05, 0.1) is 10.3 Å². The highest BCUT2D eigenvalue weighted by Crippen LogP contribution is 2.35. The van der Waals surface area contributed by atoms with Gasteiger partial charge in [0.15, 0.2) is 0 Å². The van der Waals surface area contributed by atoms with Crippen LogP contribution in [-0.2, 0) is 6.54 Å². The van der Waals surface area contributed by atoms with Crippen molar-refractivity contribution in [2.45, 2.75) is 23.7 Å². The van der Waals surface area contributed by atoms with Gasteiger partial charge in [0.2, 0.25) is 0 Å². The van der Waals surface area contributed by atoms with Gasteiger partial charge in [-0.3, -0.25) is 4.90 Å². The van der Waals surface area contributed by atoms with E-state index in [1.54, 1.807) is 0 Å². The fraction of sp³-hybridized carbons (Fsp3) is 0.500. The van der Waals surface area contributed by atoms with Crippen LogP contribution in [0.3, 0.4) is 0 Å². The van der Waals surface area contributed by atoms with Gasteiger partial charge in [-0.15, -0.1) is 23.2 Å². The van der Waals surface area contributed by atoms with Gasteiger partial charge in [-0.25, -0.2) is 0 Å². The van der Waals surface area contributed by atoms with E-state index in [0.29, 0.717) is 0 Å². The number of likely N-dealkylation sites (tertiary alicyclic amines) is 1. The number of benzene rings is 1. The summed E-state index contributed by atoms with van der Waals surface area (Å²) in [7, 11) is 0. The van der Waals surface area contributed by atoms with E-state index in [-0.39, 0.29) is 10.3 Å². The largest absolute Gasteiger partial charge is 0.295 e. The minimum atomic E-state index is -0.212. The minimum Gasteiger partial charge on any atom is -0.295 e. The molecule has 15 heavy (non-hydrogen) atoms. The molecule has 1 fully saturated rings. The lowest BCUT2D eigenvalue weighted by Crippen LogP contribution is -2.61. The summed E-state index contributed by atoms with van der Waals surface area (Å²) in [4.78, 5) is 2.11. The molecule has 1 unspecified atom stereocenters. The van der Waals surface area contributed by atoms with Crippen molar-refractivity contribution < 1.29 is 0 Å². The minimum absolute atomic E-state index is 0.0335. The van der Waals surface area contributed by atoms with Crippen LogP contribution in [0.2, 0.25) is 0 Å². The van der Waals surface area contributed by atoms with E-state index >= 15 is 0 Å². The van der Waals surface area contributed by atoms with Crippen molar-refractivity contribution in [3.05, 3.63) is 35.9 Å². The summed E-state index contributed by atoms with van der Waals surface area (Å²) in [6, 6.07) is 10.4. The second kappa shape index (κ2) is 4.32. The van der Waals surface area contributed by atoms with Crippen LogP contribution in [0.25, 0.3) is 0 Å². The van der Waals surface area contributed by atoms with Crippen molar-refractivity contribution in [3.63, 3.8) is 0 Å². The van der Waals surface area contributed by atoms with Gasteiger partial charge < -0.3 is 0 Å². The second-order valence-electron chi connectivity index (χ2n) is 4.28. The molecular formula is C12H15Cl2N. The zero-order chi connectivity index (χ0) is 10.9. The lowest BCUT2D eigenvalue weighted by Gasteiger charge is -2.47. The number of alkyl halides is 2. The van der Waals surface area contributed by atoms with Crippen LogP contribution in [0.1, 0.15) is 12.5 Å². The molecule has 1 saturated heterocycles. The predicted molar refractivity (Wildman–Crippen MR) is 65.6 cm³/mol. The van der Waals surface area contributed by atoms with Crippen LogP contribution in [0.15, 0.2) is 30.3 Å². The average molecular weight is 244 g/mol. The molecule has 0 aliphatic carbocycles. The predicted octanol–water partition coefficient (Wildman–Crippen LogP) is 3.11. The molecule has 0 amide bonds. The Labute approximate surface area is 101 Å². The SMILES string of the molecule is CC(Cl)C1(Cl)CN(Cc2ccccc2)C1. The molecule has 1 aliphatic heterocycles. The topological polar surface area (TPSA) is 3.24 Å². The molecule has 0 radical (unpaired) electrons. The van der Waals surface area contributed by atoms with Crippen molar-refractivity contribution in [1.82, 2.24) is 4.90 Å². The summed E-state index contributed by atoms with van der Waals surface area (Å²) in [5.41, 5.74) is 1.33. The lowest BCUT2D eigenvalue weighted by molar-refractivity contribution is 0.113. The molecule has 1 aromatic rings. The summed E-state index contributed by atoms with van der Waals surface area (Å²) in [5, 5.41) is 0.0335. The molecule has 0 saturated carbocycles. The smallest absolute Gasteiger partial charge is 0.0859 e. The standard InChI is InChI=1S/C12H15Cl2N/c1-10(13)12(14)8-15(9-12)7-11-5-3-2-4-6-11/h2-6,10H,7-9H2,1H3. The van der Waals surface area contributed by atoms with E-state index in [1.165, 1.54) is 5.56 Å². The van der Waals surface area contributed by atoms with Gasteiger partial charge in [-0.1, -0.05) is 30.3 Å². The highest BCUT2D eigenvalue weighted by Gasteiger charge is 2.44. The Morgan fingerprint density at radius 1 is 1.33 bits per heavy atom. The second-order valence-corrected chi connectivity index (χ2v) is 5.69. The first-order chi connectivity index (χ1) is 7.10. The summed E-state index contributed by atoms with van der Waals surface area (Å²) < 4.78 is 0. The van der Waals surface area contributed by atoms with Crippen molar-refractivity contribution in [2.24, 2.45) is 0 Å². The zero-order valence-corrected chi connectivity index (χ0v) is 10.3. The van der Waals surface area contributed by atoms with E-state index in [4.69, 9.17) is 23.2 Å². The number of hydrogen-bond donors (Lipinski definition) is 0. The van der Waals surface area contributed by atoms with E-state index in [0.717, 1.165) is 19.6 Å². The van der Waals surface area contributed by atoms with E-state index in [1.807, 2.05) is 13.0 Å². The normalized spacial score (nSPS) is 22.1. The summed E-state index contributed by atoms with van der Waals surface area (Å²) in [6.45, 7) is 4.70. The van der Waals surface area contributed by atoms with Crippen molar-refractivity contribution in [3.8, 4) is 0 Å². The summed E-state index contributed by atoms with van der Waals surface area (Å²) >= 11 is 12.4. The third-order valence-electron chi connectivity index (χ3n) is 2.93. The first-order valence-electron chi connectivity index (χ1n) is 5.19. The maximum Gasteiger partial charge on any atom is 0.0859 e. The number of halogens is 2. The number of hydrogen-bond acceptors (Lipinski definition) is 1. The molecular weight excluding hydrogens is 229 g/mol. The van der Waals surface area contributed by atoms with E-state index in [9.17, 15) is 0 Å². The molecule has 1 atom stereocenters. The highest BCUT2D eigenvalue weighted by molar-refractivity contribution is 6.33. The first-order valence-corrected chi connectivity index (χ1v) is 6.01. The molecule has 3 heteroatoms. The van der Waals surface area contributed by atoms with Crippen molar-refractivity contribution in [1.29, 1.82) is 0 Å². The zero-order valence-electron chi connectivity index (χ0n) is 8.79. The maximum atomic E-state index is 6.33. The summed E-state index contributed by atoms with van der Waals surface area (Å²) in [6.07, 6.45) is 0. The summed E-state index contributed by atoms with van der Waals surface area (Å²) in [5.74, 6) is 0. The molecule has 2 rings (SSSR count). The van der Waals surface area contributed by atoms with Gasteiger partial charge in [0, 0.05) is 19.6 Å². The molecule has 0 aromatic heterocycles. The van der Waals surface area contributed by atoms with Gasteiger partial charge in [-0.05, 0) is 12.5 Å². The molecule has 82 valence electrons. The van der Waals surface area contributed by atoms with Crippen molar-refractivity contribution in [2.75, 3.05) is 13.1 Å². The first kappa shape index (κ1) is 11.3. The van der Waals surface area contributed by atoms with Crippen LogP contribution >= 0.6 is 23.2 Å². The van der Waals surface area contributed by atoms with Crippen molar-refractivity contribution >= 4 is 23.2 Å². The average Bonchev–Trinajstić information content (AvgIpc) is 2.16. The van der Waals surface area contributed by atoms with Crippen LogP contribution < -0.4 is 0 Å². The maximum absolute atomic E-state index is 6.33. The third kappa shape index (κ3) is 2.47. The van der Waals surface area contributed by atoms with Crippen LogP contribution in [0.5, 0.6) is 0 Å². The molecule has 1 aromatic carbocycles. The Balaban J connectivity index is 1.86. The Morgan fingerprint density at radius 3 is 2.47 bits per heavy atom. The lowest BCUT2D eigenvalue weighted by atomic mass is 9.95. The van der Waals surface area contributed by atoms with Gasteiger partial charge in [-0.2, -0.15) is 0 Å². The van der Waals surface area contributed by atoms with Crippen LogP contribution in [-0.4, -0.2) is 28.2 Å².